The van der Waals surface area contributed by atoms with Gasteiger partial charge in [0.25, 0.3) is 0 Å². The number of hydrogen-bond donors (Lipinski definition) is 3. The maximum atomic E-state index is 10.5. The van der Waals surface area contributed by atoms with Gasteiger partial charge in [0.2, 0.25) is 0 Å². The van der Waals surface area contributed by atoms with Crippen LogP contribution in [0.5, 0.6) is 0 Å². The van der Waals surface area contributed by atoms with Gasteiger partial charge >= 0.3 is 5.97 Å². The minimum atomic E-state index is -0.826. The predicted octanol–water partition coefficient (Wildman–Crippen LogP) is 1.16. The third kappa shape index (κ3) is 1.76. The highest BCUT2D eigenvalue weighted by molar-refractivity contribution is 5.85. The van der Waals surface area contributed by atoms with Crippen molar-refractivity contribution in [2.45, 2.75) is 12.8 Å². The van der Waals surface area contributed by atoms with Crippen LogP contribution in [0.3, 0.4) is 0 Å². The number of pyridine rings is 1. The van der Waals surface area contributed by atoms with E-state index in [2.05, 4.69) is 9.97 Å². The van der Waals surface area contributed by atoms with Gasteiger partial charge in [-0.1, -0.05) is 0 Å². The van der Waals surface area contributed by atoms with Gasteiger partial charge in [0.1, 0.15) is 11.5 Å². The maximum Gasteiger partial charge on any atom is 0.303 e. The lowest BCUT2D eigenvalue weighted by atomic mass is 10.1. The fraction of sp³-hybridized carbons (Fsp3) is 0.200. The number of fused-ring (bicyclic) bond motifs is 1. The topological polar surface area (TPSA) is 92.0 Å². The number of carboxylic acids is 1. The summed E-state index contributed by atoms with van der Waals surface area (Å²) in [7, 11) is 0. The van der Waals surface area contributed by atoms with Gasteiger partial charge in [0, 0.05) is 23.6 Å². The Hall–Kier alpha value is -2.04. The molecule has 0 spiro atoms. The molecule has 0 aliphatic carbocycles. The van der Waals surface area contributed by atoms with Gasteiger partial charge < -0.3 is 15.8 Å². The number of rotatable bonds is 3. The van der Waals surface area contributed by atoms with E-state index in [0.717, 1.165) is 10.9 Å². The van der Waals surface area contributed by atoms with Gasteiger partial charge in [0.05, 0.1) is 0 Å². The maximum absolute atomic E-state index is 10.5. The fourth-order valence-corrected chi connectivity index (χ4v) is 1.60. The largest absolute Gasteiger partial charge is 0.481 e. The van der Waals surface area contributed by atoms with Crippen LogP contribution in [0.15, 0.2) is 18.3 Å². The molecule has 5 nitrogen and oxygen atoms in total. The molecule has 0 atom stereocenters. The first kappa shape index (κ1) is 9.51. The number of H-pyrrole nitrogens is 1. The van der Waals surface area contributed by atoms with Crippen LogP contribution in [-0.4, -0.2) is 21.0 Å². The van der Waals surface area contributed by atoms with Crippen LogP contribution in [0.1, 0.15) is 12.0 Å². The average molecular weight is 205 g/mol. The second-order valence-electron chi connectivity index (χ2n) is 3.31. The van der Waals surface area contributed by atoms with Crippen LogP contribution < -0.4 is 5.73 Å². The molecule has 78 valence electrons. The SMILES string of the molecule is Nc1[nH]c2ncccc2c1CCC(=O)O. The Morgan fingerprint density at radius 1 is 1.60 bits per heavy atom. The first-order valence-electron chi connectivity index (χ1n) is 4.61. The summed E-state index contributed by atoms with van der Waals surface area (Å²) in [5.41, 5.74) is 7.29. The molecule has 2 aromatic rings. The Labute approximate surface area is 85.9 Å². The minimum Gasteiger partial charge on any atom is -0.481 e. The van der Waals surface area contributed by atoms with E-state index < -0.39 is 5.97 Å². The van der Waals surface area contributed by atoms with E-state index >= 15 is 0 Å². The Morgan fingerprint density at radius 2 is 2.40 bits per heavy atom. The Balaban J connectivity index is 2.40. The molecule has 2 aromatic heterocycles. The molecule has 0 aliphatic heterocycles. The van der Waals surface area contributed by atoms with Gasteiger partial charge in [-0.25, -0.2) is 4.98 Å². The summed E-state index contributed by atoms with van der Waals surface area (Å²) in [6.45, 7) is 0. The summed E-state index contributed by atoms with van der Waals surface area (Å²) in [5, 5.41) is 9.51. The van der Waals surface area contributed by atoms with Crippen molar-refractivity contribution in [3.63, 3.8) is 0 Å². The van der Waals surface area contributed by atoms with Crippen LogP contribution in [-0.2, 0) is 11.2 Å². The lowest BCUT2D eigenvalue weighted by Crippen LogP contribution is -1.99. The molecule has 0 radical (unpaired) electrons. The minimum absolute atomic E-state index is 0.0754. The molecule has 0 saturated heterocycles. The molecule has 15 heavy (non-hydrogen) atoms. The highest BCUT2D eigenvalue weighted by atomic mass is 16.4. The van der Waals surface area contributed by atoms with Gasteiger partial charge in [0.15, 0.2) is 0 Å². The molecule has 0 aliphatic rings. The van der Waals surface area contributed by atoms with E-state index in [1.165, 1.54) is 0 Å². The summed E-state index contributed by atoms with van der Waals surface area (Å²) < 4.78 is 0. The standard InChI is InChI=1S/C10H11N3O2/c11-9-6(3-4-8(14)15)7-2-1-5-12-10(7)13-9/h1-2,5H,3-4,11H2,(H,12,13)(H,14,15). The monoisotopic (exact) mass is 205 g/mol. The van der Waals surface area contributed by atoms with E-state index in [0.29, 0.717) is 17.9 Å². The number of aromatic nitrogens is 2. The second kappa shape index (κ2) is 3.61. The Morgan fingerprint density at radius 3 is 3.13 bits per heavy atom. The predicted molar refractivity (Wildman–Crippen MR) is 56.5 cm³/mol. The number of nitrogens with two attached hydrogens (primary N) is 1. The molecule has 0 fully saturated rings. The number of carboxylic acid groups (broad SMARTS) is 1. The van der Waals surface area contributed by atoms with Gasteiger partial charge in [-0.05, 0) is 18.6 Å². The molecular weight excluding hydrogens is 194 g/mol. The van der Waals surface area contributed by atoms with Crippen LogP contribution in [0.25, 0.3) is 11.0 Å². The molecule has 5 heteroatoms. The molecule has 0 unspecified atom stereocenters. The van der Waals surface area contributed by atoms with Crippen molar-refractivity contribution in [2.75, 3.05) is 5.73 Å². The summed E-state index contributed by atoms with van der Waals surface area (Å²) >= 11 is 0. The summed E-state index contributed by atoms with van der Waals surface area (Å²) in [4.78, 5) is 17.5. The molecule has 0 saturated carbocycles. The lowest BCUT2D eigenvalue weighted by molar-refractivity contribution is -0.136. The fourth-order valence-electron chi connectivity index (χ4n) is 1.60. The zero-order chi connectivity index (χ0) is 10.8. The smallest absolute Gasteiger partial charge is 0.303 e. The molecule has 0 amide bonds. The average Bonchev–Trinajstić information content (AvgIpc) is 2.50. The van der Waals surface area contributed by atoms with Gasteiger partial charge in [-0.3, -0.25) is 4.79 Å². The van der Waals surface area contributed by atoms with Crippen LogP contribution >= 0.6 is 0 Å². The molecule has 0 bridgehead atoms. The third-order valence-electron chi connectivity index (χ3n) is 2.30. The number of nitrogens with one attached hydrogen (secondary N) is 1. The zero-order valence-electron chi connectivity index (χ0n) is 8.03. The first-order chi connectivity index (χ1) is 7.18. The molecule has 0 aromatic carbocycles. The number of nitrogen functional groups attached to an aromatic ring is 1. The number of aromatic amines is 1. The number of anilines is 1. The first-order valence-corrected chi connectivity index (χ1v) is 4.61. The van der Waals surface area contributed by atoms with Crippen molar-refractivity contribution in [3.05, 3.63) is 23.9 Å². The van der Waals surface area contributed by atoms with E-state index in [4.69, 9.17) is 10.8 Å². The summed E-state index contributed by atoms with van der Waals surface area (Å²) in [5.74, 6) is -0.322. The van der Waals surface area contributed by atoms with E-state index in [1.807, 2.05) is 6.07 Å². The second-order valence-corrected chi connectivity index (χ2v) is 3.31. The lowest BCUT2D eigenvalue weighted by Gasteiger charge is -1.97. The quantitative estimate of drug-likeness (QED) is 0.701. The zero-order valence-corrected chi connectivity index (χ0v) is 8.03. The highest BCUT2D eigenvalue weighted by Crippen LogP contribution is 2.23. The van der Waals surface area contributed by atoms with Crippen molar-refractivity contribution in [3.8, 4) is 0 Å². The van der Waals surface area contributed by atoms with Crippen molar-refractivity contribution < 1.29 is 9.90 Å². The van der Waals surface area contributed by atoms with Crippen molar-refractivity contribution in [2.24, 2.45) is 0 Å². The van der Waals surface area contributed by atoms with Gasteiger partial charge in [-0.2, -0.15) is 0 Å². The van der Waals surface area contributed by atoms with Crippen molar-refractivity contribution in [1.29, 1.82) is 0 Å². The number of carbonyl (C=O) groups is 1. The molecule has 2 rings (SSSR count). The van der Waals surface area contributed by atoms with Crippen molar-refractivity contribution in [1.82, 2.24) is 9.97 Å². The van der Waals surface area contributed by atoms with Crippen LogP contribution in [0.2, 0.25) is 0 Å². The van der Waals surface area contributed by atoms with Crippen molar-refractivity contribution >= 4 is 22.8 Å². The highest BCUT2D eigenvalue weighted by Gasteiger charge is 2.10. The van der Waals surface area contributed by atoms with E-state index in [1.54, 1.807) is 12.3 Å². The van der Waals surface area contributed by atoms with Crippen LogP contribution in [0, 0.1) is 0 Å². The van der Waals surface area contributed by atoms with Crippen LogP contribution in [0.4, 0.5) is 5.82 Å². The molecular formula is C10H11N3O2. The number of nitrogens with zero attached hydrogens (tertiary/aromatic N) is 1. The molecule has 4 N–H and O–H groups in total. The van der Waals surface area contributed by atoms with E-state index in [9.17, 15) is 4.79 Å². The van der Waals surface area contributed by atoms with E-state index in [-0.39, 0.29) is 6.42 Å². The third-order valence-corrected chi connectivity index (χ3v) is 2.30. The number of aliphatic carboxylic acids is 1. The Kier molecular flexibility index (Phi) is 2.29. The van der Waals surface area contributed by atoms with Gasteiger partial charge in [-0.15, -0.1) is 0 Å². The summed E-state index contributed by atoms with van der Waals surface area (Å²) in [6.07, 6.45) is 2.16. The molecule has 2 heterocycles. The number of hydrogen-bond acceptors (Lipinski definition) is 3. The normalized spacial score (nSPS) is 10.7. The number of aryl methyl sites for hydroxylation is 1. The summed E-state index contributed by atoms with van der Waals surface area (Å²) in [6, 6.07) is 3.69. The Bertz CT molecular complexity index is 504.